The molecule has 10 heteroatoms. The van der Waals surface area contributed by atoms with Crippen LogP contribution in [0.25, 0.3) is 11.1 Å². The largest absolute Gasteiger partial charge is 0.492 e. The van der Waals surface area contributed by atoms with Crippen LogP contribution in [0.1, 0.15) is 35.6 Å². The lowest BCUT2D eigenvalue weighted by Crippen LogP contribution is -2.15. The predicted molar refractivity (Wildman–Crippen MR) is 143 cm³/mol. The number of alkyl halides is 4. The Labute approximate surface area is 236 Å². The van der Waals surface area contributed by atoms with Crippen molar-refractivity contribution in [2.24, 2.45) is 0 Å². The van der Waals surface area contributed by atoms with E-state index in [4.69, 9.17) is 21.1 Å². The number of ether oxygens (including phenoxy) is 2. The van der Waals surface area contributed by atoms with Crippen molar-refractivity contribution in [2.45, 2.75) is 19.5 Å². The monoisotopic (exact) mass is 594 g/mol. The maximum Gasteiger partial charge on any atom is 0.422 e. The van der Waals surface area contributed by atoms with Gasteiger partial charge in [0.25, 0.3) is 0 Å². The SMILES string of the molecule is CC/C(=C(/c1ccc(OCCCl)cc1)c1ccc(Oc2c(F)c(F)c(C(F)(F)F)c(F)c2F)cc1)c1ccccc1. The summed E-state index contributed by atoms with van der Waals surface area (Å²) in [5, 5.41) is 0. The topological polar surface area (TPSA) is 18.5 Å². The maximum atomic E-state index is 14.4. The second kappa shape index (κ2) is 12.7. The molecule has 4 aromatic carbocycles. The van der Waals surface area contributed by atoms with E-state index in [0.717, 1.165) is 22.3 Å². The average molecular weight is 595 g/mol. The maximum absolute atomic E-state index is 14.4. The summed E-state index contributed by atoms with van der Waals surface area (Å²) >= 11 is 5.70. The lowest BCUT2D eigenvalue weighted by atomic mass is 9.88. The van der Waals surface area contributed by atoms with Gasteiger partial charge in [-0.1, -0.05) is 61.5 Å². The van der Waals surface area contributed by atoms with Gasteiger partial charge in [-0.2, -0.15) is 22.0 Å². The quantitative estimate of drug-likeness (QED) is 0.0831. The summed E-state index contributed by atoms with van der Waals surface area (Å²) in [6.07, 6.45) is -5.02. The Hall–Kier alpha value is -3.98. The highest BCUT2D eigenvalue weighted by Crippen LogP contribution is 2.41. The summed E-state index contributed by atoms with van der Waals surface area (Å²) in [6, 6.07) is 22.6. The number of benzene rings is 4. The zero-order chi connectivity index (χ0) is 29.7. The van der Waals surface area contributed by atoms with Gasteiger partial charge in [0.15, 0.2) is 11.6 Å². The fourth-order valence-corrected chi connectivity index (χ4v) is 4.39. The van der Waals surface area contributed by atoms with Crippen molar-refractivity contribution in [1.29, 1.82) is 0 Å². The van der Waals surface area contributed by atoms with Crippen molar-refractivity contribution in [1.82, 2.24) is 0 Å². The molecular weight excluding hydrogens is 573 g/mol. The smallest absolute Gasteiger partial charge is 0.422 e. The van der Waals surface area contributed by atoms with Gasteiger partial charge in [0.1, 0.15) is 23.7 Å². The molecule has 2 nitrogen and oxygen atoms in total. The summed E-state index contributed by atoms with van der Waals surface area (Å²) in [5.74, 6) is -10.7. The van der Waals surface area contributed by atoms with Gasteiger partial charge in [-0.25, -0.2) is 8.78 Å². The molecule has 0 aliphatic heterocycles. The van der Waals surface area contributed by atoms with Crippen molar-refractivity contribution in [2.75, 3.05) is 12.5 Å². The highest BCUT2D eigenvalue weighted by atomic mass is 35.5. The first-order valence-electron chi connectivity index (χ1n) is 12.4. The second-order valence-electron chi connectivity index (χ2n) is 8.72. The molecule has 0 amide bonds. The first-order valence-corrected chi connectivity index (χ1v) is 12.9. The van der Waals surface area contributed by atoms with E-state index >= 15 is 0 Å². The van der Waals surface area contributed by atoms with Crippen LogP contribution < -0.4 is 9.47 Å². The number of halogens is 8. The van der Waals surface area contributed by atoms with Crippen LogP contribution in [0.4, 0.5) is 30.7 Å². The minimum Gasteiger partial charge on any atom is -0.492 e. The Bertz CT molecular complexity index is 1500. The third-order valence-corrected chi connectivity index (χ3v) is 6.29. The van der Waals surface area contributed by atoms with Crippen LogP contribution >= 0.6 is 11.6 Å². The minimum absolute atomic E-state index is 0.257. The summed E-state index contributed by atoms with van der Waals surface area (Å²) in [7, 11) is 0. The van der Waals surface area contributed by atoms with Crippen molar-refractivity contribution < 1.29 is 40.2 Å². The number of allylic oxidation sites excluding steroid dienone is 1. The third-order valence-electron chi connectivity index (χ3n) is 6.14. The van der Waals surface area contributed by atoms with Gasteiger partial charge in [-0.15, -0.1) is 11.6 Å². The number of hydrogen-bond donors (Lipinski definition) is 0. The molecule has 0 saturated carbocycles. The molecule has 0 N–H and O–H groups in total. The highest BCUT2D eigenvalue weighted by molar-refractivity contribution is 6.18. The molecule has 214 valence electrons. The second-order valence-corrected chi connectivity index (χ2v) is 9.10. The van der Waals surface area contributed by atoms with E-state index < -0.39 is 40.8 Å². The van der Waals surface area contributed by atoms with Crippen molar-refractivity contribution in [3.05, 3.63) is 124 Å². The highest BCUT2D eigenvalue weighted by Gasteiger charge is 2.43. The summed E-state index contributed by atoms with van der Waals surface area (Å²) in [6.45, 7) is 2.32. The van der Waals surface area contributed by atoms with E-state index in [1.54, 1.807) is 24.3 Å². The lowest BCUT2D eigenvalue weighted by Gasteiger charge is -2.18. The zero-order valence-electron chi connectivity index (χ0n) is 21.5. The molecule has 41 heavy (non-hydrogen) atoms. The number of rotatable bonds is 9. The van der Waals surface area contributed by atoms with Crippen LogP contribution in [-0.4, -0.2) is 12.5 Å². The molecule has 4 rings (SSSR count). The molecule has 0 aromatic heterocycles. The van der Waals surface area contributed by atoms with Crippen molar-refractivity contribution in [3.63, 3.8) is 0 Å². The molecule has 0 aliphatic rings. The Morgan fingerprint density at radius 1 is 0.683 bits per heavy atom. The Balaban J connectivity index is 1.76. The number of hydrogen-bond acceptors (Lipinski definition) is 2. The van der Waals surface area contributed by atoms with Gasteiger partial charge < -0.3 is 9.47 Å². The third kappa shape index (κ3) is 6.51. The van der Waals surface area contributed by atoms with Crippen LogP contribution in [0.15, 0.2) is 78.9 Å². The van der Waals surface area contributed by atoms with Gasteiger partial charge in [0.2, 0.25) is 17.4 Å². The molecule has 0 unspecified atom stereocenters. The van der Waals surface area contributed by atoms with Gasteiger partial charge in [-0.3, -0.25) is 0 Å². The van der Waals surface area contributed by atoms with Crippen LogP contribution in [-0.2, 0) is 6.18 Å². The van der Waals surface area contributed by atoms with Crippen molar-refractivity contribution in [3.8, 4) is 17.2 Å². The van der Waals surface area contributed by atoms with Crippen LogP contribution in [0.3, 0.4) is 0 Å². The minimum atomic E-state index is -5.65. The van der Waals surface area contributed by atoms with E-state index in [1.165, 1.54) is 12.1 Å². The fraction of sp³-hybridized carbons (Fsp3) is 0.161. The molecular formula is C31H22ClF7O2. The molecule has 0 atom stereocenters. The van der Waals surface area contributed by atoms with Crippen LogP contribution in [0.2, 0.25) is 0 Å². The van der Waals surface area contributed by atoms with E-state index in [-0.39, 0.29) is 5.75 Å². The van der Waals surface area contributed by atoms with Gasteiger partial charge in [0, 0.05) is 0 Å². The predicted octanol–water partition coefficient (Wildman–Crippen LogP) is 10.0. The Morgan fingerprint density at radius 2 is 1.20 bits per heavy atom. The first-order chi connectivity index (χ1) is 19.6. The molecule has 0 aliphatic carbocycles. The molecule has 0 fully saturated rings. The van der Waals surface area contributed by atoms with Crippen molar-refractivity contribution >= 4 is 22.7 Å². The summed E-state index contributed by atoms with van der Waals surface area (Å²) in [5.41, 5.74) is 1.56. The molecule has 0 heterocycles. The molecule has 4 aromatic rings. The van der Waals surface area contributed by atoms with Gasteiger partial charge >= 0.3 is 6.18 Å². The molecule has 0 spiro atoms. The lowest BCUT2D eigenvalue weighted by molar-refractivity contribution is -0.143. The standard InChI is InChI=1S/C31H22ClF7O2/c1-2-23(18-6-4-3-5-7-18)24(19-8-12-21(13-9-19)40-17-16-32)20-10-14-22(15-11-20)41-30-28(35)26(33)25(31(37,38)39)27(34)29(30)36/h3-15H,2,16-17H2,1H3/b24-23+. The Morgan fingerprint density at radius 3 is 1.66 bits per heavy atom. The molecule has 0 radical (unpaired) electrons. The van der Waals surface area contributed by atoms with Crippen LogP contribution in [0, 0.1) is 23.3 Å². The van der Waals surface area contributed by atoms with Crippen LogP contribution in [0.5, 0.6) is 17.2 Å². The fourth-order valence-electron chi connectivity index (χ4n) is 4.31. The molecule has 0 bridgehead atoms. The first kappa shape index (κ1) is 30.0. The normalized spacial score (nSPS) is 12.2. The summed E-state index contributed by atoms with van der Waals surface area (Å²) < 4.78 is 106. The average Bonchev–Trinajstić information content (AvgIpc) is 2.96. The zero-order valence-corrected chi connectivity index (χ0v) is 22.2. The van der Waals surface area contributed by atoms with E-state index in [2.05, 4.69) is 0 Å². The Kier molecular flexibility index (Phi) is 9.28. The van der Waals surface area contributed by atoms with Gasteiger partial charge in [0.05, 0.1) is 5.88 Å². The summed E-state index contributed by atoms with van der Waals surface area (Å²) in [4.78, 5) is 0. The van der Waals surface area contributed by atoms with Gasteiger partial charge in [-0.05, 0) is 58.5 Å². The van der Waals surface area contributed by atoms with E-state index in [9.17, 15) is 30.7 Å². The molecule has 0 saturated heterocycles. The van der Waals surface area contributed by atoms with E-state index in [0.29, 0.717) is 30.2 Å². The van der Waals surface area contributed by atoms with E-state index in [1.807, 2.05) is 49.4 Å².